The molecule has 1 N–H and O–H groups in total. The standard InChI is InChI=1S/C11H15ClFNS/c1-14-11(5-6-15-2)9-7-8(12)3-4-10(9)13/h3-4,7,11,14H,5-6H2,1-2H3. The monoisotopic (exact) mass is 247 g/mol. The molecule has 0 radical (unpaired) electrons. The molecule has 0 saturated carbocycles. The van der Waals surface area contributed by atoms with Crippen molar-refractivity contribution in [2.75, 3.05) is 19.1 Å². The first-order valence-corrected chi connectivity index (χ1v) is 6.57. The van der Waals surface area contributed by atoms with Crippen LogP contribution in [0.5, 0.6) is 0 Å². The van der Waals surface area contributed by atoms with Gasteiger partial charge >= 0.3 is 0 Å². The van der Waals surface area contributed by atoms with Crippen molar-refractivity contribution in [2.24, 2.45) is 0 Å². The Labute approximate surface area is 99.4 Å². The Balaban J connectivity index is 2.85. The Bertz CT molecular complexity index is 319. The van der Waals surface area contributed by atoms with Gasteiger partial charge in [0.05, 0.1) is 0 Å². The summed E-state index contributed by atoms with van der Waals surface area (Å²) in [6.45, 7) is 0. The predicted octanol–water partition coefficient (Wildman–Crippen LogP) is 3.49. The van der Waals surface area contributed by atoms with Gasteiger partial charge < -0.3 is 5.32 Å². The second-order valence-corrected chi connectivity index (χ2v) is 4.71. The Morgan fingerprint density at radius 1 is 1.53 bits per heavy atom. The third kappa shape index (κ3) is 3.67. The van der Waals surface area contributed by atoms with E-state index in [0.717, 1.165) is 12.2 Å². The SMILES string of the molecule is CNC(CCSC)c1cc(Cl)ccc1F. The largest absolute Gasteiger partial charge is 0.313 e. The molecular formula is C11H15ClFNS. The molecule has 0 aromatic heterocycles. The van der Waals surface area contributed by atoms with Crippen LogP contribution < -0.4 is 5.32 Å². The van der Waals surface area contributed by atoms with Crippen LogP contribution in [0.3, 0.4) is 0 Å². The zero-order valence-corrected chi connectivity index (χ0v) is 10.5. The smallest absolute Gasteiger partial charge is 0.128 e. The highest BCUT2D eigenvalue weighted by molar-refractivity contribution is 7.98. The van der Waals surface area contributed by atoms with Gasteiger partial charge in [0.25, 0.3) is 0 Å². The van der Waals surface area contributed by atoms with Crippen LogP contribution in [0.15, 0.2) is 18.2 Å². The summed E-state index contributed by atoms with van der Waals surface area (Å²) >= 11 is 7.61. The lowest BCUT2D eigenvalue weighted by Crippen LogP contribution is -2.18. The lowest BCUT2D eigenvalue weighted by atomic mass is 10.0. The van der Waals surface area contributed by atoms with Crippen molar-refractivity contribution in [2.45, 2.75) is 12.5 Å². The predicted molar refractivity (Wildman–Crippen MR) is 66.2 cm³/mol. The van der Waals surface area contributed by atoms with Crippen molar-refractivity contribution in [3.05, 3.63) is 34.6 Å². The Morgan fingerprint density at radius 2 is 2.27 bits per heavy atom. The van der Waals surface area contributed by atoms with Crippen LogP contribution in [-0.4, -0.2) is 19.1 Å². The molecule has 0 amide bonds. The van der Waals surface area contributed by atoms with Crippen molar-refractivity contribution in [3.8, 4) is 0 Å². The number of nitrogens with one attached hydrogen (secondary N) is 1. The average Bonchev–Trinajstić information content (AvgIpc) is 2.24. The zero-order valence-electron chi connectivity index (χ0n) is 8.89. The number of thioether (sulfide) groups is 1. The molecule has 1 atom stereocenters. The summed E-state index contributed by atoms with van der Waals surface area (Å²) in [6, 6.07) is 4.72. The van der Waals surface area contributed by atoms with Gasteiger partial charge in [-0.2, -0.15) is 11.8 Å². The maximum Gasteiger partial charge on any atom is 0.128 e. The minimum Gasteiger partial charge on any atom is -0.313 e. The number of hydrogen-bond donors (Lipinski definition) is 1. The Kier molecular flexibility index (Phi) is 5.43. The molecule has 0 heterocycles. The van der Waals surface area contributed by atoms with Crippen molar-refractivity contribution in [1.82, 2.24) is 5.32 Å². The van der Waals surface area contributed by atoms with E-state index in [0.29, 0.717) is 10.6 Å². The van der Waals surface area contributed by atoms with Crippen molar-refractivity contribution < 1.29 is 4.39 Å². The minimum atomic E-state index is -0.195. The van der Waals surface area contributed by atoms with Gasteiger partial charge in [-0.25, -0.2) is 4.39 Å². The van der Waals surface area contributed by atoms with Crippen LogP contribution in [0, 0.1) is 5.82 Å². The minimum absolute atomic E-state index is 0.0381. The molecular weight excluding hydrogens is 233 g/mol. The molecule has 0 aliphatic rings. The van der Waals surface area contributed by atoms with Crippen LogP contribution in [0.1, 0.15) is 18.0 Å². The van der Waals surface area contributed by atoms with Gasteiger partial charge in [0.15, 0.2) is 0 Å². The molecule has 1 nitrogen and oxygen atoms in total. The normalized spacial score (nSPS) is 12.8. The van der Waals surface area contributed by atoms with E-state index in [2.05, 4.69) is 5.32 Å². The van der Waals surface area contributed by atoms with Gasteiger partial charge in [-0.05, 0) is 43.7 Å². The summed E-state index contributed by atoms with van der Waals surface area (Å²) in [5.41, 5.74) is 0.652. The Hall–Kier alpha value is -0.250. The first-order valence-electron chi connectivity index (χ1n) is 4.80. The van der Waals surface area contributed by atoms with Gasteiger partial charge in [0.1, 0.15) is 5.82 Å². The maximum atomic E-state index is 13.5. The lowest BCUT2D eigenvalue weighted by molar-refractivity contribution is 0.528. The van der Waals surface area contributed by atoms with Crippen LogP contribution in [0.4, 0.5) is 4.39 Å². The van der Waals surface area contributed by atoms with E-state index in [1.807, 2.05) is 13.3 Å². The van der Waals surface area contributed by atoms with Crippen LogP contribution in [-0.2, 0) is 0 Å². The number of benzene rings is 1. The zero-order chi connectivity index (χ0) is 11.3. The molecule has 4 heteroatoms. The second-order valence-electron chi connectivity index (χ2n) is 3.29. The fourth-order valence-corrected chi connectivity index (χ4v) is 2.12. The fourth-order valence-electron chi connectivity index (χ4n) is 1.47. The van der Waals surface area contributed by atoms with E-state index in [1.165, 1.54) is 6.07 Å². The summed E-state index contributed by atoms with van der Waals surface area (Å²) in [5, 5.41) is 3.69. The molecule has 1 aromatic rings. The first kappa shape index (κ1) is 12.8. The average molecular weight is 248 g/mol. The molecule has 1 rings (SSSR count). The highest BCUT2D eigenvalue weighted by Crippen LogP contribution is 2.24. The second kappa shape index (κ2) is 6.36. The third-order valence-corrected chi connectivity index (χ3v) is 3.17. The van der Waals surface area contributed by atoms with E-state index < -0.39 is 0 Å². The molecule has 1 aromatic carbocycles. The van der Waals surface area contributed by atoms with E-state index in [9.17, 15) is 4.39 Å². The quantitative estimate of drug-likeness (QED) is 0.855. The summed E-state index contributed by atoms with van der Waals surface area (Å²) < 4.78 is 13.5. The van der Waals surface area contributed by atoms with Gasteiger partial charge in [0, 0.05) is 16.6 Å². The summed E-state index contributed by atoms with van der Waals surface area (Å²) in [5.74, 6) is 0.803. The molecule has 0 saturated heterocycles. The van der Waals surface area contributed by atoms with E-state index in [1.54, 1.807) is 23.9 Å². The summed E-state index contributed by atoms with van der Waals surface area (Å²) in [4.78, 5) is 0. The molecule has 0 fully saturated rings. The molecule has 15 heavy (non-hydrogen) atoms. The third-order valence-electron chi connectivity index (χ3n) is 2.29. The number of rotatable bonds is 5. The van der Waals surface area contributed by atoms with Gasteiger partial charge in [-0.15, -0.1) is 0 Å². The summed E-state index contributed by atoms with van der Waals surface area (Å²) in [6.07, 6.45) is 2.94. The van der Waals surface area contributed by atoms with Crippen LogP contribution in [0.2, 0.25) is 5.02 Å². The first-order chi connectivity index (χ1) is 7.19. The van der Waals surface area contributed by atoms with Crippen molar-refractivity contribution >= 4 is 23.4 Å². The number of hydrogen-bond acceptors (Lipinski definition) is 2. The molecule has 0 aliphatic carbocycles. The molecule has 0 aliphatic heterocycles. The lowest BCUT2D eigenvalue weighted by Gasteiger charge is -2.17. The van der Waals surface area contributed by atoms with Gasteiger partial charge in [-0.3, -0.25) is 0 Å². The molecule has 0 bridgehead atoms. The Morgan fingerprint density at radius 3 is 2.87 bits per heavy atom. The van der Waals surface area contributed by atoms with Crippen molar-refractivity contribution in [1.29, 1.82) is 0 Å². The molecule has 84 valence electrons. The van der Waals surface area contributed by atoms with Crippen LogP contribution in [0.25, 0.3) is 0 Å². The van der Waals surface area contributed by atoms with E-state index in [4.69, 9.17) is 11.6 Å². The topological polar surface area (TPSA) is 12.0 Å². The highest BCUT2D eigenvalue weighted by atomic mass is 35.5. The molecule has 1 unspecified atom stereocenters. The van der Waals surface area contributed by atoms with Gasteiger partial charge in [0.2, 0.25) is 0 Å². The van der Waals surface area contributed by atoms with Crippen molar-refractivity contribution in [3.63, 3.8) is 0 Å². The van der Waals surface area contributed by atoms with E-state index in [-0.39, 0.29) is 11.9 Å². The van der Waals surface area contributed by atoms with Crippen LogP contribution >= 0.6 is 23.4 Å². The fraction of sp³-hybridized carbons (Fsp3) is 0.455. The highest BCUT2D eigenvalue weighted by Gasteiger charge is 2.13. The van der Waals surface area contributed by atoms with E-state index >= 15 is 0 Å². The number of halogens is 2. The molecule has 0 spiro atoms. The van der Waals surface area contributed by atoms with Gasteiger partial charge in [-0.1, -0.05) is 11.6 Å². The maximum absolute atomic E-state index is 13.5. The summed E-state index contributed by atoms with van der Waals surface area (Å²) in [7, 11) is 1.84.